The molecule has 0 aromatic heterocycles. The molecule has 0 aliphatic carbocycles. The van der Waals surface area contributed by atoms with Crippen LogP contribution in [0.25, 0.3) is 0 Å². The Morgan fingerprint density at radius 3 is 1.92 bits per heavy atom. The maximum absolute atomic E-state index is 13.6. The van der Waals surface area contributed by atoms with Crippen molar-refractivity contribution in [3.8, 4) is 11.5 Å². The maximum atomic E-state index is 13.6. The Labute approximate surface area is 283 Å². The molecule has 7 nitrogen and oxygen atoms in total. The first-order valence-electron chi connectivity index (χ1n) is 14.7. The summed E-state index contributed by atoms with van der Waals surface area (Å²) < 4.78 is 83.9. The molecular formula is C35H33ClF6N2O5. The predicted octanol–water partition coefficient (Wildman–Crippen LogP) is 8.20. The summed E-state index contributed by atoms with van der Waals surface area (Å²) in [6.07, 6.45) is -9.10. The number of methoxy groups -OCH3 is 1. The van der Waals surface area contributed by atoms with E-state index in [1.54, 1.807) is 18.2 Å². The fraction of sp³-hybridized carbons (Fsp3) is 0.257. The van der Waals surface area contributed by atoms with Crippen molar-refractivity contribution in [2.24, 2.45) is 5.73 Å². The van der Waals surface area contributed by atoms with E-state index in [-0.39, 0.29) is 24.1 Å². The molecule has 0 fully saturated rings. The Kier molecular flexibility index (Phi) is 13.9. The van der Waals surface area contributed by atoms with Gasteiger partial charge in [-0.25, -0.2) is 4.79 Å². The van der Waals surface area contributed by atoms with Gasteiger partial charge in [0, 0.05) is 31.1 Å². The molecule has 1 amide bonds. The molecule has 0 saturated carbocycles. The van der Waals surface area contributed by atoms with Gasteiger partial charge in [-0.05, 0) is 47.4 Å². The third kappa shape index (κ3) is 11.7. The van der Waals surface area contributed by atoms with Gasteiger partial charge in [-0.1, -0.05) is 84.4 Å². The van der Waals surface area contributed by atoms with E-state index >= 15 is 0 Å². The molecule has 49 heavy (non-hydrogen) atoms. The highest BCUT2D eigenvalue weighted by molar-refractivity contribution is 6.32. The lowest BCUT2D eigenvalue weighted by Gasteiger charge is -2.29. The second-order valence-electron chi connectivity index (χ2n) is 10.6. The molecule has 0 atom stereocenters. The number of benzene rings is 4. The summed E-state index contributed by atoms with van der Waals surface area (Å²) in [5.74, 6) is -2.54. The molecule has 0 unspecified atom stereocenters. The molecule has 14 heteroatoms. The van der Waals surface area contributed by atoms with Gasteiger partial charge in [0.15, 0.2) is 11.5 Å². The van der Waals surface area contributed by atoms with E-state index < -0.39 is 29.8 Å². The van der Waals surface area contributed by atoms with Crippen LogP contribution in [0.4, 0.5) is 26.3 Å². The minimum Gasteiger partial charge on any atom is -0.493 e. The van der Waals surface area contributed by atoms with Crippen LogP contribution in [0, 0.1) is 0 Å². The molecule has 0 bridgehead atoms. The topological polar surface area (TPSA) is 102 Å². The van der Waals surface area contributed by atoms with Gasteiger partial charge < -0.3 is 20.3 Å². The van der Waals surface area contributed by atoms with Gasteiger partial charge >= 0.3 is 18.3 Å². The number of amides is 1. The van der Waals surface area contributed by atoms with Crippen LogP contribution in [0.5, 0.6) is 11.5 Å². The van der Waals surface area contributed by atoms with E-state index in [9.17, 15) is 31.1 Å². The van der Waals surface area contributed by atoms with Gasteiger partial charge in [0.2, 0.25) is 5.91 Å². The monoisotopic (exact) mass is 710 g/mol. The number of ether oxygens (including phenoxy) is 2. The van der Waals surface area contributed by atoms with Crippen LogP contribution < -0.4 is 15.2 Å². The molecular weight excluding hydrogens is 678 g/mol. The van der Waals surface area contributed by atoms with Crippen LogP contribution >= 0.6 is 11.6 Å². The average Bonchev–Trinajstić information content (AvgIpc) is 3.06. The standard InChI is InChI=1S/C33H32ClF3N2O3.C2HF3O2/c1-41-29-17-16-25(32(38)40)20-30(29)42-19-9-18-39(21-26-14-8-15-28(31(26)34)33(35,36)37)22-27(23-10-4-2-5-11-23)24-12-6-3-7-13-24;3-2(4,5)1(6)7/h2-8,10-17,20,27H,9,18-19,21-22H2,1H3,(H2,38,40);(H,6,7). The number of halogens is 7. The molecule has 0 spiro atoms. The summed E-state index contributed by atoms with van der Waals surface area (Å²) in [6, 6.07) is 28.7. The second-order valence-corrected chi connectivity index (χ2v) is 11.0. The van der Waals surface area contributed by atoms with E-state index in [0.29, 0.717) is 42.1 Å². The fourth-order valence-corrected chi connectivity index (χ4v) is 5.13. The Bertz CT molecular complexity index is 1630. The molecule has 4 rings (SSSR count). The second kappa shape index (κ2) is 17.6. The van der Waals surface area contributed by atoms with Crippen molar-refractivity contribution >= 4 is 23.5 Å². The van der Waals surface area contributed by atoms with Crippen molar-refractivity contribution in [1.29, 1.82) is 0 Å². The highest BCUT2D eigenvalue weighted by atomic mass is 35.5. The number of nitrogens with zero attached hydrogens (tertiary/aromatic N) is 1. The van der Waals surface area contributed by atoms with E-state index in [0.717, 1.165) is 17.2 Å². The Balaban J connectivity index is 0.000000838. The van der Waals surface area contributed by atoms with Gasteiger partial charge in [0.05, 0.1) is 24.3 Å². The summed E-state index contributed by atoms with van der Waals surface area (Å²) in [4.78, 5) is 22.6. The number of hydrogen-bond donors (Lipinski definition) is 2. The number of rotatable bonds is 13. The van der Waals surface area contributed by atoms with Crippen LogP contribution in [-0.2, 0) is 17.5 Å². The highest BCUT2D eigenvalue weighted by Gasteiger charge is 2.38. The SMILES string of the molecule is COc1ccc(C(N)=O)cc1OCCCN(Cc1cccc(C(F)(F)F)c1Cl)CC(c1ccccc1)c1ccccc1.O=C(O)C(F)(F)F. The summed E-state index contributed by atoms with van der Waals surface area (Å²) in [5.41, 5.74) is 7.42. The lowest BCUT2D eigenvalue weighted by Crippen LogP contribution is -2.31. The average molecular weight is 711 g/mol. The summed E-state index contributed by atoms with van der Waals surface area (Å²) in [7, 11) is 1.50. The maximum Gasteiger partial charge on any atom is 0.490 e. The number of alkyl halides is 6. The Hall–Kier alpha value is -4.75. The fourth-order valence-electron chi connectivity index (χ4n) is 4.84. The summed E-state index contributed by atoms with van der Waals surface area (Å²) >= 11 is 6.30. The molecule has 4 aromatic rings. The molecule has 0 saturated heterocycles. The van der Waals surface area contributed by atoms with E-state index in [1.165, 1.54) is 19.2 Å². The van der Waals surface area contributed by atoms with E-state index in [1.807, 2.05) is 60.7 Å². The van der Waals surface area contributed by atoms with Crippen LogP contribution in [0.1, 0.15) is 45.0 Å². The van der Waals surface area contributed by atoms with Crippen molar-refractivity contribution in [3.63, 3.8) is 0 Å². The normalized spacial score (nSPS) is 11.6. The van der Waals surface area contributed by atoms with Gasteiger partial charge in [-0.3, -0.25) is 9.69 Å². The molecule has 4 aromatic carbocycles. The molecule has 0 heterocycles. The van der Waals surface area contributed by atoms with E-state index in [4.69, 9.17) is 36.7 Å². The third-order valence-electron chi connectivity index (χ3n) is 7.19. The number of nitrogens with two attached hydrogens (primary N) is 1. The van der Waals surface area contributed by atoms with Gasteiger partial charge in [-0.2, -0.15) is 26.3 Å². The lowest BCUT2D eigenvalue weighted by molar-refractivity contribution is -0.192. The first-order valence-corrected chi connectivity index (χ1v) is 15.1. The minimum atomic E-state index is -5.08. The molecule has 0 radical (unpaired) electrons. The minimum absolute atomic E-state index is 0.0368. The largest absolute Gasteiger partial charge is 0.493 e. The van der Waals surface area contributed by atoms with Crippen molar-refractivity contribution in [2.45, 2.75) is 31.2 Å². The number of hydrogen-bond acceptors (Lipinski definition) is 5. The van der Waals surface area contributed by atoms with Crippen molar-refractivity contribution in [3.05, 3.63) is 130 Å². The van der Waals surface area contributed by atoms with Gasteiger partial charge in [0.25, 0.3) is 0 Å². The molecule has 0 aliphatic heterocycles. The predicted molar refractivity (Wildman–Crippen MR) is 172 cm³/mol. The van der Waals surface area contributed by atoms with Crippen molar-refractivity contribution < 1.29 is 50.5 Å². The first kappa shape index (κ1) is 38.7. The first-order chi connectivity index (χ1) is 23.1. The zero-order valence-electron chi connectivity index (χ0n) is 26.1. The number of carboxylic acids is 1. The van der Waals surface area contributed by atoms with Crippen LogP contribution in [0.3, 0.4) is 0 Å². The molecule has 262 valence electrons. The zero-order valence-corrected chi connectivity index (χ0v) is 26.9. The molecule has 0 aliphatic rings. The number of carboxylic acid groups (broad SMARTS) is 1. The van der Waals surface area contributed by atoms with Gasteiger partial charge in [-0.15, -0.1) is 0 Å². The number of carbonyl (C=O) groups is 2. The van der Waals surface area contributed by atoms with Gasteiger partial charge in [0.1, 0.15) is 0 Å². The molecule has 3 N–H and O–H groups in total. The van der Waals surface area contributed by atoms with Crippen LogP contribution in [0.2, 0.25) is 5.02 Å². The zero-order chi connectivity index (χ0) is 36.2. The van der Waals surface area contributed by atoms with E-state index in [2.05, 4.69) is 4.90 Å². The lowest BCUT2D eigenvalue weighted by atomic mass is 9.90. The number of aliphatic carboxylic acids is 1. The number of carbonyl (C=O) groups excluding carboxylic acids is 1. The third-order valence-corrected chi connectivity index (χ3v) is 7.64. The summed E-state index contributed by atoms with van der Waals surface area (Å²) in [5, 5.41) is 6.83. The quantitative estimate of drug-likeness (QED) is 0.107. The van der Waals surface area contributed by atoms with Crippen molar-refractivity contribution in [2.75, 3.05) is 26.8 Å². The smallest absolute Gasteiger partial charge is 0.490 e. The summed E-state index contributed by atoms with van der Waals surface area (Å²) in [6.45, 7) is 1.51. The highest BCUT2D eigenvalue weighted by Crippen LogP contribution is 2.37. The number of primary amides is 1. The van der Waals surface area contributed by atoms with Crippen LogP contribution in [-0.4, -0.2) is 54.9 Å². The Morgan fingerprint density at radius 2 is 1.43 bits per heavy atom. The van der Waals surface area contributed by atoms with Crippen LogP contribution in [0.15, 0.2) is 97.1 Å². The van der Waals surface area contributed by atoms with Crippen molar-refractivity contribution in [1.82, 2.24) is 4.90 Å². The Morgan fingerprint density at radius 1 is 0.857 bits per heavy atom.